The lowest BCUT2D eigenvalue weighted by Crippen LogP contribution is -2.02. The van der Waals surface area contributed by atoms with Crippen molar-refractivity contribution in [2.45, 2.75) is 6.54 Å². The summed E-state index contributed by atoms with van der Waals surface area (Å²) in [5, 5.41) is 12.0. The lowest BCUT2D eigenvalue weighted by molar-refractivity contribution is 0.613. The van der Waals surface area contributed by atoms with Crippen LogP contribution in [0, 0.1) is 17.1 Å². The van der Waals surface area contributed by atoms with Gasteiger partial charge in [-0.15, -0.1) is 0 Å². The zero-order valence-corrected chi connectivity index (χ0v) is 12.1. The van der Waals surface area contributed by atoms with Crippen molar-refractivity contribution in [3.8, 4) is 6.07 Å². The van der Waals surface area contributed by atoms with E-state index in [4.69, 9.17) is 16.9 Å². The molecule has 1 N–H and O–H groups in total. The lowest BCUT2D eigenvalue weighted by atomic mass is 10.2. The highest BCUT2D eigenvalue weighted by Crippen LogP contribution is 2.25. The topological polar surface area (TPSA) is 35.8 Å². The molecule has 2 nitrogen and oxygen atoms in total. The Morgan fingerprint density at radius 3 is 2.79 bits per heavy atom. The van der Waals surface area contributed by atoms with Crippen molar-refractivity contribution in [3.05, 3.63) is 62.8 Å². The van der Waals surface area contributed by atoms with Crippen LogP contribution in [-0.2, 0) is 6.54 Å². The Bertz CT molecular complexity index is 652. The van der Waals surface area contributed by atoms with E-state index in [0.717, 1.165) is 10.2 Å². The van der Waals surface area contributed by atoms with Gasteiger partial charge < -0.3 is 5.32 Å². The van der Waals surface area contributed by atoms with E-state index < -0.39 is 5.82 Å². The summed E-state index contributed by atoms with van der Waals surface area (Å²) in [4.78, 5) is 0. The minimum absolute atomic E-state index is 0.109. The van der Waals surface area contributed by atoms with E-state index in [1.54, 1.807) is 30.3 Å². The van der Waals surface area contributed by atoms with Crippen LogP contribution >= 0.6 is 27.5 Å². The Hall–Kier alpha value is -1.57. The molecule has 0 bridgehead atoms. The molecule has 96 valence electrons. The molecule has 0 spiro atoms. The van der Waals surface area contributed by atoms with Gasteiger partial charge in [0.15, 0.2) is 0 Å². The second-order valence-corrected chi connectivity index (χ2v) is 5.13. The van der Waals surface area contributed by atoms with Crippen molar-refractivity contribution in [1.82, 2.24) is 0 Å². The molecule has 0 saturated carbocycles. The fourth-order valence-corrected chi connectivity index (χ4v) is 2.32. The highest BCUT2D eigenvalue weighted by molar-refractivity contribution is 9.10. The monoisotopic (exact) mass is 338 g/mol. The van der Waals surface area contributed by atoms with Crippen molar-refractivity contribution in [2.75, 3.05) is 5.32 Å². The molecule has 0 aliphatic rings. The number of nitriles is 1. The van der Waals surface area contributed by atoms with Crippen molar-refractivity contribution >= 4 is 33.2 Å². The molecular formula is C14H9BrClFN2. The van der Waals surface area contributed by atoms with Gasteiger partial charge in [0.1, 0.15) is 5.82 Å². The third-order valence-electron chi connectivity index (χ3n) is 2.60. The molecule has 0 unspecified atom stereocenters. The maximum Gasteiger partial charge on any atom is 0.146 e. The minimum atomic E-state index is -0.415. The summed E-state index contributed by atoms with van der Waals surface area (Å²) in [6.07, 6.45) is 0. The van der Waals surface area contributed by atoms with Gasteiger partial charge in [-0.05, 0) is 40.2 Å². The van der Waals surface area contributed by atoms with Gasteiger partial charge in [-0.3, -0.25) is 0 Å². The van der Waals surface area contributed by atoms with Crippen molar-refractivity contribution in [2.24, 2.45) is 0 Å². The number of nitrogens with one attached hydrogen (secondary N) is 1. The second-order valence-electron chi connectivity index (χ2n) is 3.87. The van der Waals surface area contributed by atoms with Crippen LogP contribution in [-0.4, -0.2) is 0 Å². The summed E-state index contributed by atoms with van der Waals surface area (Å²) >= 11 is 9.08. The largest absolute Gasteiger partial charge is 0.380 e. The van der Waals surface area contributed by atoms with Crippen LogP contribution in [0.3, 0.4) is 0 Å². The molecule has 0 amide bonds. The maximum absolute atomic E-state index is 13.7. The predicted molar refractivity (Wildman–Crippen MR) is 77.6 cm³/mol. The number of nitrogens with zero attached hydrogens (tertiary/aromatic N) is 1. The molecule has 0 atom stereocenters. The average Bonchev–Trinajstić information content (AvgIpc) is 2.41. The summed E-state index contributed by atoms with van der Waals surface area (Å²) in [6, 6.07) is 12.1. The molecule has 0 aromatic heterocycles. The van der Waals surface area contributed by atoms with Gasteiger partial charge in [0.05, 0.1) is 16.7 Å². The van der Waals surface area contributed by atoms with E-state index in [1.165, 1.54) is 6.07 Å². The molecule has 0 radical (unpaired) electrons. The number of halogens is 3. The first-order chi connectivity index (χ1) is 9.11. The van der Waals surface area contributed by atoms with E-state index in [1.807, 2.05) is 0 Å². The summed E-state index contributed by atoms with van der Waals surface area (Å²) in [5.41, 5.74) is 1.84. The fourth-order valence-electron chi connectivity index (χ4n) is 1.60. The molecule has 0 fully saturated rings. The SMILES string of the molecule is N#Cc1ccc(NCc2cccc(Cl)c2F)c(Br)c1. The summed E-state index contributed by atoms with van der Waals surface area (Å²) in [6.45, 7) is 0.316. The second kappa shape index (κ2) is 6.05. The van der Waals surface area contributed by atoms with Gasteiger partial charge >= 0.3 is 0 Å². The number of rotatable bonds is 3. The third kappa shape index (κ3) is 3.25. The zero-order valence-electron chi connectivity index (χ0n) is 9.75. The number of benzene rings is 2. The van der Waals surface area contributed by atoms with Crippen LogP contribution in [0.4, 0.5) is 10.1 Å². The van der Waals surface area contributed by atoms with Crippen molar-refractivity contribution in [1.29, 1.82) is 5.26 Å². The summed E-state index contributed by atoms with van der Waals surface area (Å²) < 4.78 is 14.5. The van der Waals surface area contributed by atoms with E-state index in [-0.39, 0.29) is 5.02 Å². The van der Waals surface area contributed by atoms with E-state index in [0.29, 0.717) is 17.7 Å². The Morgan fingerprint density at radius 1 is 1.32 bits per heavy atom. The highest BCUT2D eigenvalue weighted by Gasteiger charge is 2.07. The number of hydrogen-bond acceptors (Lipinski definition) is 2. The van der Waals surface area contributed by atoms with Gasteiger partial charge in [-0.2, -0.15) is 5.26 Å². The first-order valence-corrected chi connectivity index (χ1v) is 6.65. The van der Waals surface area contributed by atoms with Gasteiger partial charge in [-0.25, -0.2) is 4.39 Å². The lowest BCUT2D eigenvalue weighted by Gasteiger charge is -2.10. The van der Waals surface area contributed by atoms with E-state index >= 15 is 0 Å². The highest BCUT2D eigenvalue weighted by atomic mass is 79.9. The normalized spacial score (nSPS) is 10.0. The Kier molecular flexibility index (Phi) is 4.41. The average molecular weight is 340 g/mol. The Labute approximate surface area is 123 Å². The van der Waals surface area contributed by atoms with Crippen LogP contribution in [0.2, 0.25) is 5.02 Å². The van der Waals surface area contributed by atoms with E-state index in [9.17, 15) is 4.39 Å². The van der Waals surface area contributed by atoms with Gasteiger partial charge in [0.25, 0.3) is 0 Å². The van der Waals surface area contributed by atoms with Gasteiger partial charge in [0, 0.05) is 22.3 Å². The molecule has 2 rings (SSSR count). The van der Waals surface area contributed by atoms with Crippen LogP contribution in [0.15, 0.2) is 40.9 Å². The van der Waals surface area contributed by atoms with Gasteiger partial charge in [-0.1, -0.05) is 23.7 Å². The molecule has 19 heavy (non-hydrogen) atoms. The van der Waals surface area contributed by atoms with Crippen molar-refractivity contribution < 1.29 is 4.39 Å². The molecular weight excluding hydrogens is 331 g/mol. The quantitative estimate of drug-likeness (QED) is 0.878. The predicted octanol–water partition coefficient (Wildman–Crippen LogP) is 4.73. The molecule has 5 heteroatoms. The molecule has 0 heterocycles. The van der Waals surface area contributed by atoms with E-state index in [2.05, 4.69) is 27.3 Å². The number of anilines is 1. The summed E-state index contributed by atoms with van der Waals surface area (Å²) in [7, 11) is 0. The fraction of sp³-hybridized carbons (Fsp3) is 0.0714. The van der Waals surface area contributed by atoms with Crippen LogP contribution in [0.1, 0.15) is 11.1 Å². The van der Waals surface area contributed by atoms with Crippen molar-refractivity contribution in [3.63, 3.8) is 0 Å². The Balaban J connectivity index is 2.15. The zero-order chi connectivity index (χ0) is 13.8. The minimum Gasteiger partial charge on any atom is -0.380 e. The molecule has 0 aliphatic carbocycles. The summed E-state index contributed by atoms with van der Waals surface area (Å²) in [5.74, 6) is -0.415. The third-order valence-corrected chi connectivity index (χ3v) is 3.55. The number of hydrogen-bond donors (Lipinski definition) is 1. The smallest absolute Gasteiger partial charge is 0.146 e. The first kappa shape index (κ1) is 13.9. The van der Waals surface area contributed by atoms with Crippen LogP contribution < -0.4 is 5.32 Å². The van der Waals surface area contributed by atoms with Crippen LogP contribution in [0.5, 0.6) is 0 Å². The maximum atomic E-state index is 13.7. The molecule has 0 aliphatic heterocycles. The molecule has 2 aromatic rings. The first-order valence-electron chi connectivity index (χ1n) is 5.48. The molecule has 2 aromatic carbocycles. The molecule has 0 saturated heterocycles. The Morgan fingerprint density at radius 2 is 2.11 bits per heavy atom. The standard InChI is InChI=1S/C14H9BrClFN2/c15-11-6-9(7-18)4-5-13(11)19-8-10-2-1-3-12(16)14(10)17/h1-6,19H,8H2. The van der Waals surface area contributed by atoms with Gasteiger partial charge in [0.2, 0.25) is 0 Å². The van der Waals surface area contributed by atoms with Crippen LogP contribution in [0.25, 0.3) is 0 Å².